The molecule has 0 atom stereocenters. The average Bonchev–Trinajstić information content (AvgIpc) is 2.77. The summed E-state index contributed by atoms with van der Waals surface area (Å²) in [5.74, 6) is -0.916. The van der Waals surface area contributed by atoms with Gasteiger partial charge in [0.1, 0.15) is 29.8 Å². The lowest BCUT2D eigenvalue weighted by molar-refractivity contribution is -0.137. The van der Waals surface area contributed by atoms with Gasteiger partial charge in [-0.3, -0.25) is 4.79 Å². The highest BCUT2D eigenvalue weighted by molar-refractivity contribution is 6.10. The molecule has 4 nitrogen and oxygen atoms in total. The Hall–Kier alpha value is -4.12. The highest BCUT2D eigenvalue weighted by Gasteiger charge is 2.33. The van der Waals surface area contributed by atoms with Crippen molar-refractivity contribution in [2.24, 2.45) is 0 Å². The number of amides is 1. The number of anilines is 1. The van der Waals surface area contributed by atoms with Crippen LogP contribution in [0.4, 0.5) is 23.2 Å². The van der Waals surface area contributed by atoms with Crippen LogP contribution in [0.2, 0.25) is 0 Å². The van der Waals surface area contributed by atoms with E-state index in [4.69, 9.17) is 4.74 Å². The first kappa shape index (κ1) is 22.6. The number of ether oxygens (including phenoxy) is 1. The summed E-state index contributed by atoms with van der Waals surface area (Å²) >= 11 is 0. The molecule has 0 heterocycles. The molecule has 0 aliphatic rings. The average molecular weight is 440 g/mol. The van der Waals surface area contributed by atoms with E-state index in [1.54, 1.807) is 48.5 Å². The van der Waals surface area contributed by atoms with Gasteiger partial charge in [-0.15, -0.1) is 0 Å². The zero-order valence-electron chi connectivity index (χ0n) is 16.5. The largest absolute Gasteiger partial charge is 0.489 e. The Morgan fingerprint density at radius 1 is 1.00 bits per heavy atom. The van der Waals surface area contributed by atoms with E-state index < -0.39 is 23.3 Å². The first-order chi connectivity index (χ1) is 15.3. The summed E-state index contributed by atoms with van der Waals surface area (Å²) in [6.45, 7) is 0.0202. The predicted octanol–water partition coefficient (Wildman–Crippen LogP) is 5.97. The van der Waals surface area contributed by atoms with E-state index in [0.29, 0.717) is 16.9 Å². The molecule has 0 aliphatic heterocycles. The third kappa shape index (κ3) is 5.73. The van der Waals surface area contributed by atoms with Gasteiger partial charge in [0.2, 0.25) is 0 Å². The minimum atomic E-state index is -4.65. The van der Waals surface area contributed by atoms with E-state index >= 15 is 0 Å². The van der Waals surface area contributed by atoms with Crippen molar-refractivity contribution in [2.75, 3.05) is 5.32 Å². The number of benzene rings is 3. The number of rotatable bonds is 6. The maximum Gasteiger partial charge on any atom is 0.418 e. The van der Waals surface area contributed by atoms with E-state index in [-0.39, 0.29) is 18.0 Å². The minimum absolute atomic E-state index is 0.0202. The first-order valence-corrected chi connectivity index (χ1v) is 9.33. The zero-order valence-corrected chi connectivity index (χ0v) is 16.5. The fourth-order valence-corrected chi connectivity index (χ4v) is 2.78. The van der Waals surface area contributed by atoms with Crippen molar-refractivity contribution in [1.29, 1.82) is 5.26 Å². The summed E-state index contributed by atoms with van der Waals surface area (Å²) in [5, 5.41) is 11.4. The van der Waals surface area contributed by atoms with Gasteiger partial charge in [0.05, 0.1) is 11.3 Å². The molecule has 32 heavy (non-hydrogen) atoms. The number of nitrogens with one attached hydrogen (secondary N) is 1. The van der Waals surface area contributed by atoms with Gasteiger partial charge < -0.3 is 10.1 Å². The molecule has 0 saturated carbocycles. The molecule has 0 fully saturated rings. The standard InChI is InChI=1S/C24H16F4N2O2/c25-21-7-3-1-5-17(21)15-32-19-11-9-16(10-12-19)13-18(14-29)23(31)30-22-8-4-2-6-20(22)24(26,27)28/h1-13H,15H2,(H,30,31)/b18-13+. The maximum atomic E-state index is 13.6. The Kier molecular flexibility index (Phi) is 6.90. The van der Waals surface area contributed by atoms with Gasteiger partial charge >= 0.3 is 6.18 Å². The Morgan fingerprint density at radius 3 is 2.31 bits per heavy atom. The summed E-state index contributed by atoms with van der Waals surface area (Å²) in [7, 11) is 0. The third-order valence-corrected chi connectivity index (χ3v) is 4.39. The number of alkyl halides is 3. The van der Waals surface area contributed by atoms with Crippen LogP contribution in [0.1, 0.15) is 16.7 Å². The lowest BCUT2D eigenvalue weighted by atomic mass is 10.1. The first-order valence-electron chi connectivity index (χ1n) is 9.33. The van der Waals surface area contributed by atoms with Crippen molar-refractivity contribution < 1.29 is 27.1 Å². The smallest absolute Gasteiger partial charge is 0.418 e. The van der Waals surface area contributed by atoms with Gasteiger partial charge in [-0.25, -0.2) is 4.39 Å². The van der Waals surface area contributed by atoms with Gasteiger partial charge in [0.25, 0.3) is 5.91 Å². The van der Waals surface area contributed by atoms with Crippen LogP contribution in [-0.2, 0) is 17.6 Å². The van der Waals surface area contributed by atoms with Crippen LogP contribution in [0.5, 0.6) is 5.75 Å². The van der Waals surface area contributed by atoms with E-state index in [1.165, 1.54) is 24.3 Å². The van der Waals surface area contributed by atoms with Crippen molar-refractivity contribution in [3.05, 3.63) is 101 Å². The van der Waals surface area contributed by atoms with Gasteiger partial charge in [0, 0.05) is 5.56 Å². The number of hydrogen-bond acceptors (Lipinski definition) is 3. The van der Waals surface area contributed by atoms with Crippen LogP contribution in [0.25, 0.3) is 6.08 Å². The van der Waals surface area contributed by atoms with Crippen LogP contribution < -0.4 is 10.1 Å². The maximum absolute atomic E-state index is 13.6. The number of nitrogens with zero attached hydrogens (tertiary/aromatic N) is 1. The molecule has 0 saturated heterocycles. The fourth-order valence-electron chi connectivity index (χ4n) is 2.78. The Labute approximate surface area is 181 Å². The SMILES string of the molecule is N#C/C(=C\c1ccc(OCc2ccccc2F)cc1)C(=O)Nc1ccccc1C(F)(F)F. The molecule has 0 radical (unpaired) electrons. The lowest BCUT2D eigenvalue weighted by Gasteiger charge is -2.13. The third-order valence-electron chi connectivity index (χ3n) is 4.39. The molecule has 1 N–H and O–H groups in total. The number of halogens is 4. The summed E-state index contributed by atoms with van der Waals surface area (Å²) in [6, 6.07) is 18.6. The van der Waals surface area contributed by atoms with E-state index in [1.807, 2.05) is 0 Å². The van der Waals surface area contributed by atoms with Crippen molar-refractivity contribution in [1.82, 2.24) is 0 Å². The highest BCUT2D eigenvalue weighted by Crippen LogP contribution is 2.34. The molecule has 1 amide bonds. The molecule has 0 unspecified atom stereocenters. The normalized spacial score (nSPS) is 11.5. The molecule has 0 aromatic heterocycles. The van der Waals surface area contributed by atoms with Crippen LogP contribution in [0.15, 0.2) is 78.4 Å². The Morgan fingerprint density at radius 2 is 1.66 bits per heavy atom. The van der Waals surface area contributed by atoms with Crippen LogP contribution in [0.3, 0.4) is 0 Å². The number of hydrogen-bond donors (Lipinski definition) is 1. The summed E-state index contributed by atoms with van der Waals surface area (Å²) in [5.41, 5.74) is -0.981. The second-order valence-electron chi connectivity index (χ2n) is 6.62. The molecule has 0 bridgehead atoms. The molecule has 0 spiro atoms. The van der Waals surface area contributed by atoms with Gasteiger partial charge in [-0.1, -0.05) is 42.5 Å². The number of carbonyl (C=O) groups is 1. The van der Waals surface area contributed by atoms with Crippen LogP contribution in [-0.4, -0.2) is 5.91 Å². The Balaban J connectivity index is 1.71. The molecule has 0 aliphatic carbocycles. The second-order valence-corrected chi connectivity index (χ2v) is 6.62. The van der Waals surface area contributed by atoms with E-state index in [2.05, 4.69) is 5.32 Å². The molecule has 3 aromatic carbocycles. The molecular weight excluding hydrogens is 424 g/mol. The number of carbonyl (C=O) groups excluding carboxylic acids is 1. The molecule has 3 aromatic rings. The Bertz CT molecular complexity index is 1180. The molecular formula is C24H16F4N2O2. The molecule has 3 rings (SSSR count). The van der Waals surface area contributed by atoms with Gasteiger partial charge in [-0.05, 0) is 42.0 Å². The van der Waals surface area contributed by atoms with Crippen molar-refractivity contribution >= 4 is 17.7 Å². The zero-order chi connectivity index (χ0) is 23.1. The van der Waals surface area contributed by atoms with E-state index in [0.717, 1.165) is 12.1 Å². The summed E-state index contributed by atoms with van der Waals surface area (Å²) < 4.78 is 58.5. The highest BCUT2D eigenvalue weighted by atomic mass is 19.4. The molecule has 8 heteroatoms. The monoisotopic (exact) mass is 440 g/mol. The summed E-state index contributed by atoms with van der Waals surface area (Å²) in [6.07, 6.45) is -3.41. The fraction of sp³-hybridized carbons (Fsp3) is 0.0833. The number of para-hydroxylation sites is 1. The molecule has 162 valence electrons. The van der Waals surface area contributed by atoms with Crippen molar-refractivity contribution in [3.8, 4) is 11.8 Å². The van der Waals surface area contributed by atoms with Crippen LogP contribution >= 0.6 is 0 Å². The van der Waals surface area contributed by atoms with Gasteiger partial charge in [0.15, 0.2) is 0 Å². The number of nitriles is 1. The quantitative estimate of drug-likeness (QED) is 0.292. The predicted molar refractivity (Wildman–Crippen MR) is 111 cm³/mol. The topological polar surface area (TPSA) is 62.1 Å². The van der Waals surface area contributed by atoms with Crippen molar-refractivity contribution in [2.45, 2.75) is 12.8 Å². The van der Waals surface area contributed by atoms with E-state index in [9.17, 15) is 27.6 Å². The second kappa shape index (κ2) is 9.79. The van der Waals surface area contributed by atoms with Gasteiger partial charge in [-0.2, -0.15) is 18.4 Å². The van der Waals surface area contributed by atoms with Crippen LogP contribution in [0, 0.1) is 17.1 Å². The minimum Gasteiger partial charge on any atom is -0.489 e. The summed E-state index contributed by atoms with van der Waals surface area (Å²) in [4.78, 5) is 12.4. The lowest BCUT2D eigenvalue weighted by Crippen LogP contribution is -2.17. The van der Waals surface area contributed by atoms with Crippen molar-refractivity contribution in [3.63, 3.8) is 0 Å².